The molecule has 0 radical (unpaired) electrons. The molecule has 1 amide bonds. The summed E-state index contributed by atoms with van der Waals surface area (Å²) < 4.78 is 22.7. The highest BCUT2D eigenvalue weighted by atomic mass is 127. The molecule has 4 N–H and O–H groups in total. The van der Waals surface area contributed by atoms with E-state index in [0.717, 1.165) is 11.1 Å². The number of aliphatic imine (C=N–C) groups is 1. The summed E-state index contributed by atoms with van der Waals surface area (Å²) in [6.07, 6.45) is 0. The third-order valence-corrected chi connectivity index (χ3v) is 5.16. The molecule has 1 unspecified atom stereocenters. The summed E-state index contributed by atoms with van der Waals surface area (Å²) in [6.45, 7) is 2.41. The maximum Gasteiger partial charge on any atom is 0.241 e. The summed E-state index contributed by atoms with van der Waals surface area (Å²) in [4.78, 5) is 18.0. The second kappa shape index (κ2) is 11.9. The number of carbonyl (C=O) groups is 1. The Balaban J connectivity index is 0.00000450. The van der Waals surface area contributed by atoms with Crippen LogP contribution in [0.25, 0.3) is 0 Å². The van der Waals surface area contributed by atoms with Crippen molar-refractivity contribution < 1.29 is 13.2 Å². The summed E-state index contributed by atoms with van der Waals surface area (Å²) in [6, 6.07) is 16.1. The van der Waals surface area contributed by atoms with Gasteiger partial charge in [0.05, 0.1) is 24.0 Å². The van der Waals surface area contributed by atoms with Gasteiger partial charge >= 0.3 is 0 Å². The largest absolute Gasteiger partial charge is 0.350 e. The number of nitrogens with one attached hydrogen (secondary N) is 2. The van der Waals surface area contributed by atoms with E-state index in [1.165, 1.54) is 17.0 Å². The second-order valence-corrected chi connectivity index (χ2v) is 8.33. The van der Waals surface area contributed by atoms with E-state index in [1.54, 1.807) is 26.2 Å². The summed E-state index contributed by atoms with van der Waals surface area (Å²) >= 11 is 0. The van der Waals surface area contributed by atoms with Gasteiger partial charge in [0, 0.05) is 14.1 Å². The van der Waals surface area contributed by atoms with Gasteiger partial charge in [-0.15, -0.1) is 24.0 Å². The zero-order valence-corrected chi connectivity index (χ0v) is 20.3. The fourth-order valence-electron chi connectivity index (χ4n) is 2.46. The predicted molar refractivity (Wildman–Crippen MR) is 129 cm³/mol. The molecule has 1 atom stereocenters. The third-order valence-electron chi connectivity index (χ3n) is 4.23. The minimum absolute atomic E-state index is 0. The molecule has 30 heavy (non-hydrogen) atoms. The van der Waals surface area contributed by atoms with Crippen LogP contribution in [-0.4, -0.2) is 45.8 Å². The number of likely N-dealkylation sites (N-methyl/N-ethyl adjacent to an activating group) is 1. The first kappa shape index (κ1) is 25.9. The number of hydrogen-bond donors (Lipinski definition) is 3. The van der Waals surface area contributed by atoms with Crippen molar-refractivity contribution in [1.82, 2.24) is 15.5 Å². The van der Waals surface area contributed by atoms with Crippen molar-refractivity contribution >= 4 is 45.9 Å². The molecule has 0 aliphatic heterocycles. The lowest BCUT2D eigenvalue weighted by Crippen LogP contribution is -2.43. The van der Waals surface area contributed by atoms with Gasteiger partial charge in [-0.2, -0.15) is 0 Å². The molecular weight excluding hydrogens is 517 g/mol. The lowest BCUT2D eigenvalue weighted by molar-refractivity contribution is -0.127. The van der Waals surface area contributed by atoms with Gasteiger partial charge < -0.3 is 15.5 Å². The van der Waals surface area contributed by atoms with Gasteiger partial charge in [-0.05, 0) is 30.2 Å². The number of nitrogens with zero attached hydrogens (tertiary/aromatic N) is 2. The van der Waals surface area contributed by atoms with Crippen LogP contribution in [0, 0.1) is 0 Å². The molecule has 2 aromatic rings. The normalized spacial score (nSPS) is 12.5. The monoisotopic (exact) mass is 545 g/mol. The van der Waals surface area contributed by atoms with Crippen molar-refractivity contribution in [3.63, 3.8) is 0 Å². The standard InChI is InChI=1S/C20H27N5O3S.HI/c1-15(17-7-5-4-6-8-17)24-20(23-14-19(26)25(2)3)22-13-16-9-11-18(12-10-16)29(21,27)28;/h4-12,15H,13-14H2,1-3H3,(H2,21,27,28)(H2,22,23,24);1H. The SMILES string of the molecule is CC(NC(=NCc1ccc(S(N)(=O)=O)cc1)NCC(=O)N(C)C)c1ccccc1.I. The van der Waals surface area contributed by atoms with Crippen LogP contribution in [0.4, 0.5) is 0 Å². The van der Waals surface area contributed by atoms with Gasteiger partial charge in [-0.25, -0.2) is 18.5 Å². The second-order valence-electron chi connectivity index (χ2n) is 6.77. The van der Waals surface area contributed by atoms with Crippen LogP contribution in [0.15, 0.2) is 64.5 Å². The summed E-state index contributed by atoms with van der Waals surface area (Å²) in [5.74, 6) is 0.399. The van der Waals surface area contributed by atoms with Gasteiger partial charge in [-0.1, -0.05) is 42.5 Å². The van der Waals surface area contributed by atoms with Crippen molar-refractivity contribution in [2.45, 2.75) is 24.4 Å². The van der Waals surface area contributed by atoms with Crippen LogP contribution in [0.2, 0.25) is 0 Å². The Kier molecular flexibility index (Phi) is 10.2. The lowest BCUT2D eigenvalue weighted by atomic mass is 10.1. The highest BCUT2D eigenvalue weighted by Crippen LogP contribution is 2.12. The van der Waals surface area contributed by atoms with Gasteiger partial charge in [0.25, 0.3) is 0 Å². The number of benzene rings is 2. The Bertz CT molecular complexity index is 948. The molecule has 0 aromatic heterocycles. The fourth-order valence-corrected chi connectivity index (χ4v) is 2.97. The van der Waals surface area contributed by atoms with Gasteiger partial charge in [0.2, 0.25) is 15.9 Å². The smallest absolute Gasteiger partial charge is 0.241 e. The fraction of sp³-hybridized carbons (Fsp3) is 0.300. The zero-order chi connectivity index (χ0) is 21.4. The molecule has 0 aliphatic carbocycles. The minimum atomic E-state index is -3.73. The molecule has 0 bridgehead atoms. The molecule has 0 saturated carbocycles. The Morgan fingerprint density at radius 1 is 1.10 bits per heavy atom. The number of amides is 1. The summed E-state index contributed by atoms with van der Waals surface area (Å²) in [7, 11) is -0.350. The molecular formula is C20H28IN5O3S. The van der Waals surface area contributed by atoms with Crippen LogP contribution in [0.1, 0.15) is 24.1 Å². The molecule has 10 heteroatoms. The molecule has 0 saturated heterocycles. The first-order valence-electron chi connectivity index (χ1n) is 9.08. The van der Waals surface area contributed by atoms with Crippen molar-refractivity contribution in [3.05, 3.63) is 65.7 Å². The van der Waals surface area contributed by atoms with Gasteiger partial charge in [-0.3, -0.25) is 4.79 Å². The van der Waals surface area contributed by atoms with E-state index >= 15 is 0 Å². The molecule has 0 heterocycles. The number of guanidine groups is 1. The molecule has 0 spiro atoms. The average Bonchev–Trinajstić information content (AvgIpc) is 2.69. The zero-order valence-electron chi connectivity index (χ0n) is 17.2. The molecule has 164 valence electrons. The molecule has 8 nitrogen and oxygen atoms in total. The van der Waals surface area contributed by atoms with Crippen LogP contribution < -0.4 is 15.8 Å². The molecule has 0 fully saturated rings. The summed E-state index contributed by atoms with van der Waals surface area (Å²) in [5.41, 5.74) is 1.89. The van der Waals surface area contributed by atoms with Gasteiger partial charge in [0.15, 0.2) is 5.96 Å². The van der Waals surface area contributed by atoms with Crippen LogP contribution in [-0.2, 0) is 21.4 Å². The summed E-state index contributed by atoms with van der Waals surface area (Å²) in [5, 5.41) is 11.4. The van der Waals surface area contributed by atoms with E-state index in [-0.39, 0.29) is 47.4 Å². The number of halogens is 1. The minimum Gasteiger partial charge on any atom is -0.350 e. The molecule has 2 aromatic carbocycles. The Labute approximate surface area is 195 Å². The topological polar surface area (TPSA) is 117 Å². The lowest BCUT2D eigenvalue weighted by Gasteiger charge is -2.19. The Hall–Kier alpha value is -2.18. The number of carbonyl (C=O) groups excluding carboxylic acids is 1. The average molecular weight is 545 g/mol. The van der Waals surface area contributed by atoms with Crippen molar-refractivity contribution in [2.75, 3.05) is 20.6 Å². The first-order chi connectivity index (χ1) is 13.7. The molecule has 2 rings (SSSR count). The van der Waals surface area contributed by atoms with E-state index in [1.807, 2.05) is 37.3 Å². The number of sulfonamides is 1. The van der Waals surface area contributed by atoms with E-state index in [2.05, 4.69) is 15.6 Å². The van der Waals surface area contributed by atoms with Crippen LogP contribution in [0.5, 0.6) is 0 Å². The highest BCUT2D eigenvalue weighted by molar-refractivity contribution is 14.0. The van der Waals surface area contributed by atoms with E-state index in [9.17, 15) is 13.2 Å². The van der Waals surface area contributed by atoms with E-state index in [4.69, 9.17) is 5.14 Å². The van der Waals surface area contributed by atoms with Crippen molar-refractivity contribution in [1.29, 1.82) is 0 Å². The van der Waals surface area contributed by atoms with E-state index in [0.29, 0.717) is 12.5 Å². The maximum absolute atomic E-state index is 11.9. The molecule has 0 aliphatic rings. The maximum atomic E-state index is 11.9. The highest BCUT2D eigenvalue weighted by Gasteiger charge is 2.11. The number of primary sulfonamides is 1. The first-order valence-corrected chi connectivity index (χ1v) is 10.6. The third kappa shape index (κ3) is 8.28. The van der Waals surface area contributed by atoms with Gasteiger partial charge in [0.1, 0.15) is 0 Å². The van der Waals surface area contributed by atoms with E-state index < -0.39 is 10.0 Å². The van der Waals surface area contributed by atoms with Crippen LogP contribution in [0.3, 0.4) is 0 Å². The van der Waals surface area contributed by atoms with Crippen molar-refractivity contribution in [3.8, 4) is 0 Å². The Morgan fingerprint density at radius 3 is 2.23 bits per heavy atom. The van der Waals surface area contributed by atoms with Crippen molar-refractivity contribution in [2.24, 2.45) is 10.1 Å². The predicted octanol–water partition coefficient (Wildman–Crippen LogP) is 1.84. The Morgan fingerprint density at radius 2 is 1.70 bits per heavy atom. The van der Waals surface area contributed by atoms with Crippen LogP contribution >= 0.6 is 24.0 Å². The quantitative estimate of drug-likeness (QED) is 0.279. The number of hydrogen-bond acceptors (Lipinski definition) is 4. The number of nitrogens with two attached hydrogens (primary N) is 1. The number of rotatable bonds is 7.